The number of hydrogen-bond donors (Lipinski definition) is 0. The highest BCUT2D eigenvalue weighted by Crippen LogP contribution is 2.65. The smallest absolute Gasteiger partial charge is 0.139 e. The van der Waals surface area contributed by atoms with E-state index in [4.69, 9.17) is 0 Å². The number of alkyl halides is 1. The average molecular weight is 292 g/mol. The van der Waals surface area contributed by atoms with Crippen LogP contribution in [0.2, 0.25) is 0 Å². The third kappa shape index (κ3) is 1.83. The molecule has 4 fully saturated rings. The van der Waals surface area contributed by atoms with Crippen LogP contribution in [-0.2, 0) is 4.79 Å². The molecular formula is C19H29FO. The van der Waals surface area contributed by atoms with Crippen molar-refractivity contribution in [2.45, 2.75) is 77.8 Å². The minimum atomic E-state index is -0.554. The molecule has 0 aromatic rings. The lowest BCUT2D eigenvalue weighted by Gasteiger charge is -2.59. The first-order chi connectivity index (χ1) is 9.95. The van der Waals surface area contributed by atoms with Crippen LogP contribution in [0.25, 0.3) is 0 Å². The molecule has 0 bridgehead atoms. The number of halogens is 1. The molecule has 0 saturated heterocycles. The fourth-order valence-electron chi connectivity index (χ4n) is 6.98. The molecule has 2 heteroatoms. The van der Waals surface area contributed by atoms with Crippen LogP contribution < -0.4 is 0 Å². The Morgan fingerprint density at radius 1 is 1.00 bits per heavy atom. The lowest BCUT2D eigenvalue weighted by atomic mass is 9.45. The van der Waals surface area contributed by atoms with Gasteiger partial charge in [-0.15, -0.1) is 0 Å². The van der Waals surface area contributed by atoms with Crippen molar-refractivity contribution in [3.05, 3.63) is 0 Å². The first kappa shape index (κ1) is 14.2. The van der Waals surface area contributed by atoms with Crippen LogP contribution in [0.3, 0.4) is 0 Å². The Morgan fingerprint density at radius 2 is 1.81 bits per heavy atom. The lowest BCUT2D eigenvalue weighted by Crippen LogP contribution is -2.53. The predicted molar refractivity (Wildman–Crippen MR) is 81.6 cm³/mol. The second-order valence-corrected chi connectivity index (χ2v) is 8.95. The number of hydrogen-bond acceptors (Lipinski definition) is 1. The fourth-order valence-corrected chi connectivity index (χ4v) is 6.98. The highest BCUT2D eigenvalue weighted by Gasteiger charge is 2.60. The van der Waals surface area contributed by atoms with Crippen molar-refractivity contribution in [3.63, 3.8) is 0 Å². The van der Waals surface area contributed by atoms with Gasteiger partial charge in [0.1, 0.15) is 12.0 Å². The van der Waals surface area contributed by atoms with Gasteiger partial charge in [0.15, 0.2) is 0 Å². The fraction of sp³-hybridized carbons (Fsp3) is 0.947. The highest BCUT2D eigenvalue weighted by atomic mass is 19.1. The molecule has 0 N–H and O–H groups in total. The number of carbonyl (C=O) groups is 1. The molecule has 4 saturated carbocycles. The molecule has 118 valence electrons. The molecule has 4 aliphatic carbocycles. The zero-order valence-corrected chi connectivity index (χ0v) is 13.5. The number of ketones is 1. The Hall–Kier alpha value is -0.400. The maximum absolute atomic E-state index is 13.8. The van der Waals surface area contributed by atoms with Gasteiger partial charge in [-0.05, 0) is 80.5 Å². The summed E-state index contributed by atoms with van der Waals surface area (Å²) in [4.78, 5) is 12.4. The lowest BCUT2D eigenvalue weighted by molar-refractivity contribution is -0.140. The van der Waals surface area contributed by atoms with Crippen molar-refractivity contribution in [2.24, 2.45) is 34.5 Å². The van der Waals surface area contributed by atoms with E-state index in [1.807, 2.05) is 0 Å². The van der Waals surface area contributed by atoms with Gasteiger partial charge in [-0.1, -0.05) is 13.8 Å². The van der Waals surface area contributed by atoms with Gasteiger partial charge >= 0.3 is 0 Å². The standard InChI is InChI=1S/C19H29FO/c1-18-9-7-13(20)11-12(18)3-4-14-15-5-6-17(21)19(15,2)10-8-16(14)18/h12-16H,3-11H2,1-2H3/t12-,13+,14?,15?,16?,18?,19?/m0/s1. The molecule has 4 rings (SSSR count). The Balaban J connectivity index is 1.64. The molecule has 0 spiro atoms. The van der Waals surface area contributed by atoms with Crippen molar-refractivity contribution in [1.29, 1.82) is 0 Å². The van der Waals surface area contributed by atoms with E-state index in [1.54, 1.807) is 0 Å². The number of fused-ring (bicyclic) bond motifs is 5. The third-order valence-corrected chi connectivity index (χ3v) is 8.31. The molecule has 21 heavy (non-hydrogen) atoms. The van der Waals surface area contributed by atoms with Gasteiger partial charge in [0.05, 0.1) is 0 Å². The summed E-state index contributed by atoms with van der Waals surface area (Å²) in [5.74, 6) is 3.26. The molecule has 0 heterocycles. The maximum Gasteiger partial charge on any atom is 0.139 e. The molecule has 0 aromatic heterocycles. The van der Waals surface area contributed by atoms with Crippen LogP contribution >= 0.6 is 0 Å². The summed E-state index contributed by atoms with van der Waals surface area (Å²) in [5, 5.41) is 0. The molecule has 0 aliphatic heterocycles. The second kappa shape index (κ2) is 4.55. The second-order valence-electron chi connectivity index (χ2n) is 8.95. The van der Waals surface area contributed by atoms with Gasteiger partial charge in [0, 0.05) is 11.8 Å². The van der Waals surface area contributed by atoms with Gasteiger partial charge in [0.25, 0.3) is 0 Å². The SMILES string of the molecule is CC12CCC3C(CC[C@H]4C[C@H](F)CCC34C)C1CCC2=O. The van der Waals surface area contributed by atoms with Crippen molar-refractivity contribution in [3.8, 4) is 0 Å². The maximum atomic E-state index is 13.8. The summed E-state index contributed by atoms with van der Waals surface area (Å²) in [5.41, 5.74) is 0.347. The third-order valence-electron chi connectivity index (χ3n) is 8.31. The summed E-state index contributed by atoms with van der Waals surface area (Å²) >= 11 is 0. The number of carbonyl (C=O) groups excluding carboxylic acids is 1. The van der Waals surface area contributed by atoms with Crippen molar-refractivity contribution in [1.82, 2.24) is 0 Å². The van der Waals surface area contributed by atoms with Crippen molar-refractivity contribution >= 4 is 5.78 Å². The van der Waals surface area contributed by atoms with Crippen LogP contribution in [0.4, 0.5) is 4.39 Å². The molecular weight excluding hydrogens is 263 g/mol. The minimum Gasteiger partial charge on any atom is -0.299 e. The quantitative estimate of drug-likeness (QED) is 0.618. The molecule has 0 amide bonds. The molecule has 4 aliphatic rings. The Labute approximate surface area is 128 Å². The van der Waals surface area contributed by atoms with Crippen LogP contribution in [0.5, 0.6) is 0 Å². The van der Waals surface area contributed by atoms with E-state index in [1.165, 1.54) is 19.3 Å². The van der Waals surface area contributed by atoms with Gasteiger partial charge in [-0.2, -0.15) is 0 Å². The Kier molecular flexibility index (Phi) is 3.08. The van der Waals surface area contributed by atoms with Crippen LogP contribution in [0.15, 0.2) is 0 Å². The van der Waals surface area contributed by atoms with Gasteiger partial charge < -0.3 is 0 Å². The topological polar surface area (TPSA) is 17.1 Å². The normalized spacial score (nSPS) is 56.5. The van der Waals surface area contributed by atoms with E-state index < -0.39 is 6.17 Å². The van der Waals surface area contributed by atoms with Gasteiger partial charge in [0.2, 0.25) is 0 Å². The summed E-state index contributed by atoms with van der Waals surface area (Å²) in [6, 6.07) is 0. The monoisotopic (exact) mass is 292 g/mol. The van der Waals surface area contributed by atoms with E-state index in [0.29, 0.717) is 23.0 Å². The molecule has 0 aromatic carbocycles. The van der Waals surface area contributed by atoms with Gasteiger partial charge in [-0.3, -0.25) is 4.79 Å². The number of rotatable bonds is 0. The Bertz CT molecular complexity index is 460. The van der Waals surface area contributed by atoms with Crippen LogP contribution in [0.1, 0.15) is 71.6 Å². The van der Waals surface area contributed by atoms with E-state index in [9.17, 15) is 9.18 Å². The summed E-state index contributed by atoms with van der Waals surface area (Å²) in [7, 11) is 0. The molecule has 1 nitrogen and oxygen atoms in total. The number of Topliss-reactive ketones (excluding diaryl/α,β-unsaturated/α-hetero) is 1. The van der Waals surface area contributed by atoms with Crippen LogP contribution in [0, 0.1) is 34.5 Å². The van der Waals surface area contributed by atoms with Gasteiger partial charge in [-0.25, -0.2) is 4.39 Å². The van der Waals surface area contributed by atoms with E-state index >= 15 is 0 Å². The van der Waals surface area contributed by atoms with E-state index in [-0.39, 0.29) is 5.41 Å². The molecule has 0 radical (unpaired) electrons. The molecule has 7 atom stereocenters. The largest absolute Gasteiger partial charge is 0.299 e. The summed E-state index contributed by atoms with van der Waals surface area (Å²) in [6.07, 6.45) is 8.83. The zero-order valence-electron chi connectivity index (χ0n) is 13.5. The van der Waals surface area contributed by atoms with Crippen molar-refractivity contribution in [2.75, 3.05) is 0 Å². The predicted octanol–water partition coefficient (Wildman–Crippen LogP) is 4.94. The summed E-state index contributed by atoms with van der Waals surface area (Å²) < 4.78 is 13.8. The van der Waals surface area contributed by atoms with E-state index in [0.717, 1.165) is 50.4 Å². The van der Waals surface area contributed by atoms with Crippen LogP contribution in [-0.4, -0.2) is 12.0 Å². The minimum absolute atomic E-state index is 0.0122. The first-order valence-electron chi connectivity index (χ1n) is 9.12. The summed E-state index contributed by atoms with van der Waals surface area (Å²) in [6.45, 7) is 4.70. The highest BCUT2D eigenvalue weighted by molar-refractivity contribution is 5.87. The van der Waals surface area contributed by atoms with Crippen molar-refractivity contribution < 1.29 is 9.18 Å². The van der Waals surface area contributed by atoms with E-state index in [2.05, 4.69) is 13.8 Å². The zero-order chi connectivity index (χ0) is 14.8. The Morgan fingerprint density at radius 3 is 2.62 bits per heavy atom. The molecule has 5 unspecified atom stereocenters. The first-order valence-corrected chi connectivity index (χ1v) is 9.12. The average Bonchev–Trinajstić information content (AvgIpc) is 2.76.